The summed E-state index contributed by atoms with van der Waals surface area (Å²) in [6.45, 7) is 26.0. The quantitative estimate of drug-likeness (QED) is 0.128. The summed E-state index contributed by atoms with van der Waals surface area (Å²) >= 11 is 0. The van der Waals surface area contributed by atoms with Crippen LogP contribution in [0.4, 0.5) is 22.7 Å². The van der Waals surface area contributed by atoms with Gasteiger partial charge < -0.3 is 9.80 Å². The number of aryl methyl sites for hydroxylation is 5. The topological polar surface area (TPSA) is 6.48 Å². The Hall–Kier alpha value is -6.38. The normalized spacial score (nSPS) is 15.6. The van der Waals surface area contributed by atoms with Gasteiger partial charge in [0.1, 0.15) is 0 Å². The number of rotatable bonds is 11. The van der Waals surface area contributed by atoms with Crippen LogP contribution in [0.1, 0.15) is 114 Å². The standard InChI is InChI=1S/C66H72N2/c1-44-28-33-53(34-29-44)67(63-46(3)20-18-26-57(63)49-22-14-12-15-23-49)48(5)55-38-39-56-52(43-66(9,10)11)42-60(59-37-32-51(61(55)62(56)59)40-41-65(6,7)8)68(54-35-30-45(2)31-36-54)64-47(4)21-19-27-58(64)50-24-16-13-17-25-50/h12-28,30-37,42,44H,29,38-41,43H2,1-11H3/b55-48+. The van der Waals surface area contributed by atoms with E-state index in [1.807, 2.05) is 0 Å². The molecule has 2 aliphatic rings. The van der Waals surface area contributed by atoms with Crippen LogP contribution in [-0.2, 0) is 19.3 Å². The second kappa shape index (κ2) is 19.0. The predicted octanol–water partition coefficient (Wildman–Crippen LogP) is 18.8. The van der Waals surface area contributed by atoms with Crippen molar-refractivity contribution < 1.29 is 0 Å². The van der Waals surface area contributed by atoms with Crippen LogP contribution in [0.25, 0.3) is 38.6 Å². The molecule has 7 aromatic rings. The summed E-state index contributed by atoms with van der Waals surface area (Å²) in [6, 6.07) is 52.5. The van der Waals surface area contributed by atoms with Crippen molar-refractivity contribution in [1.29, 1.82) is 0 Å². The van der Waals surface area contributed by atoms with Gasteiger partial charge in [-0.15, -0.1) is 0 Å². The van der Waals surface area contributed by atoms with Crippen molar-refractivity contribution in [2.45, 2.75) is 115 Å². The van der Waals surface area contributed by atoms with E-state index < -0.39 is 0 Å². The highest BCUT2D eigenvalue weighted by atomic mass is 15.2. The van der Waals surface area contributed by atoms with Crippen LogP contribution < -0.4 is 9.80 Å². The van der Waals surface area contributed by atoms with E-state index in [9.17, 15) is 0 Å². The van der Waals surface area contributed by atoms with E-state index in [0.717, 1.165) is 38.5 Å². The first-order valence-corrected chi connectivity index (χ1v) is 25.2. The molecule has 1 atom stereocenters. The molecule has 0 fully saturated rings. The Balaban J connectivity index is 1.40. The van der Waals surface area contributed by atoms with E-state index in [0.29, 0.717) is 5.92 Å². The van der Waals surface area contributed by atoms with E-state index in [1.165, 1.54) is 112 Å². The molecule has 2 aliphatic carbocycles. The molecule has 0 amide bonds. The Morgan fingerprint density at radius 2 is 1.25 bits per heavy atom. The highest BCUT2D eigenvalue weighted by Gasteiger charge is 2.32. The summed E-state index contributed by atoms with van der Waals surface area (Å²) in [6.07, 6.45) is 13.4. The van der Waals surface area contributed by atoms with Gasteiger partial charge >= 0.3 is 0 Å². The van der Waals surface area contributed by atoms with Crippen LogP contribution in [0.15, 0.2) is 169 Å². The molecular formula is C66H72N2. The van der Waals surface area contributed by atoms with Gasteiger partial charge in [0.05, 0.1) is 17.1 Å². The minimum Gasteiger partial charge on any atom is -0.314 e. The molecule has 2 heteroatoms. The van der Waals surface area contributed by atoms with Gasteiger partial charge in [-0.1, -0.05) is 188 Å². The number of anilines is 4. The van der Waals surface area contributed by atoms with Gasteiger partial charge in [0, 0.05) is 33.6 Å². The monoisotopic (exact) mass is 893 g/mol. The highest BCUT2D eigenvalue weighted by Crippen LogP contribution is 2.52. The summed E-state index contributed by atoms with van der Waals surface area (Å²) in [5, 5.41) is 2.76. The second-order valence-electron chi connectivity index (χ2n) is 22.3. The lowest BCUT2D eigenvalue weighted by Gasteiger charge is -2.37. The average molecular weight is 893 g/mol. The lowest BCUT2D eigenvalue weighted by molar-refractivity contribution is 0.378. The molecule has 7 aromatic carbocycles. The van der Waals surface area contributed by atoms with Crippen LogP contribution >= 0.6 is 0 Å². The van der Waals surface area contributed by atoms with Crippen LogP contribution in [0, 0.1) is 37.5 Å². The Morgan fingerprint density at radius 1 is 0.632 bits per heavy atom. The van der Waals surface area contributed by atoms with Gasteiger partial charge in [0.25, 0.3) is 0 Å². The smallest absolute Gasteiger partial charge is 0.0569 e. The number of nitrogens with zero attached hydrogens (tertiary/aromatic N) is 2. The molecule has 0 saturated carbocycles. The maximum atomic E-state index is 2.64. The third kappa shape index (κ3) is 9.53. The average Bonchev–Trinajstić information content (AvgIpc) is 3.31. The molecule has 0 heterocycles. The molecule has 9 rings (SSSR count). The third-order valence-electron chi connectivity index (χ3n) is 14.3. The first-order chi connectivity index (χ1) is 32.6. The summed E-state index contributed by atoms with van der Waals surface area (Å²) in [5.74, 6) is 0.505. The summed E-state index contributed by atoms with van der Waals surface area (Å²) in [5.41, 5.74) is 23.9. The van der Waals surface area contributed by atoms with Gasteiger partial charge in [-0.3, -0.25) is 0 Å². The van der Waals surface area contributed by atoms with Crippen molar-refractivity contribution in [3.8, 4) is 22.3 Å². The maximum absolute atomic E-state index is 2.64. The molecule has 1 unspecified atom stereocenters. The fraction of sp³-hybridized carbons (Fsp3) is 0.303. The van der Waals surface area contributed by atoms with Crippen LogP contribution in [0.3, 0.4) is 0 Å². The van der Waals surface area contributed by atoms with Crippen molar-refractivity contribution in [2.75, 3.05) is 9.80 Å². The van der Waals surface area contributed by atoms with Gasteiger partial charge in [0.2, 0.25) is 0 Å². The molecule has 0 spiro atoms. The van der Waals surface area contributed by atoms with Crippen LogP contribution in [-0.4, -0.2) is 0 Å². The number of hydrogen-bond acceptors (Lipinski definition) is 2. The molecule has 0 radical (unpaired) electrons. The Labute approximate surface area is 408 Å². The molecular weight excluding hydrogens is 821 g/mol. The summed E-state index contributed by atoms with van der Waals surface area (Å²) < 4.78 is 0. The lowest BCUT2D eigenvalue weighted by atomic mass is 9.75. The first-order valence-electron chi connectivity index (χ1n) is 25.2. The van der Waals surface area contributed by atoms with E-state index in [2.05, 4.69) is 244 Å². The lowest BCUT2D eigenvalue weighted by Crippen LogP contribution is -2.25. The Kier molecular flexibility index (Phi) is 13.0. The fourth-order valence-electron chi connectivity index (χ4n) is 10.9. The van der Waals surface area contributed by atoms with E-state index in [-0.39, 0.29) is 10.8 Å². The molecule has 0 saturated heterocycles. The summed E-state index contributed by atoms with van der Waals surface area (Å²) in [7, 11) is 0. The second-order valence-corrected chi connectivity index (χ2v) is 22.3. The van der Waals surface area contributed by atoms with Crippen LogP contribution in [0.2, 0.25) is 0 Å². The molecule has 68 heavy (non-hydrogen) atoms. The van der Waals surface area contributed by atoms with E-state index in [4.69, 9.17) is 0 Å². The zero-order chi connectivity index (χ0) is 47.9. The van der Waals surface area contributed by atoms with Gasteiger partial charge in [-0.05, 0) is 163 Å². The minimum atomic E-state index is 0.0798. The van der Waals surface area contributed by atoms with Gasteiger partial charge in [0.15, 0.2) is 0 Å². The SMILES string of the molecule is C/C(=C1/CCc2c(CC(C)(C)C)cc(N(c3ccc(C)cc3)c3c(C)cccc3-c3ccccc3)c3ccc(CCC(C)(C)C)c1c23)N(C1=CCC(C)C=C1)c1c(C)cccc1-c1ccccc1. The van der Waals surface area contributed by atoms with Crippen molar-refractivity contribution >= 4 is 39.1 Å². The Bertz CT molecular complexity index is 3060. The van der Waals surface area contributed by atoms with Crippen molar-refractivity contribution in [2.24, 2.45) is 16.7 Å². The summed E-state index contributed by atoms with van der Waals surface area (Å²) in [4.78, 5) is 5.25. The number of benzene rings is 7. The largest absolute Gasteiger partial charge is 0.314 e. The highest BCUT2D eigenvalue weighted by molar-refractivity contribution is 6.09. The Morgan fingerprint density at radius 3 is 1.84 bits per heavy atom. The third-order valence-corrected chi connectivity index (χ3v) is 14.3. The number of allylic oxidation sites excluding steroid dienone is 5. The van der Waals surface area contributed by atoms with Crippen LogP contribution in [0.5, 0.6) is 0 Å². The predicted molar refractivity (Wildman–Crippen MR) is 295 cm³/mol. The zero-order valence-corrected chi connectivity index (χ0v) is 42.7. The zero-order valence-electron chi connectivity index (χ0n) is 42.7. The molecule has 0 aliphatic heterocycles. The first kappa shape index (κ1) is 46.7. The molecule has 0 aromatic heterocycles. The van der Waals surface area contributed by atoms with Gasteiger partial charge in [-0.25, -0.2) is 0 Å². The maximum Gasteiger partial charge on any atom is 0.0569 e. The van der Waals surface area contributed by atoms with E-state index in [1.54, 1.807) is 0 Å². The molecule has 0 N–H and O–H groups in total. The van der Waals surface area contributed by atoms with Crippen molar-refractivity contribution in [3.05, 3.63) is 208 Å². The fourth-order valence-corrected chi connectivity index (χ4v) is 10.9. The van der Waals surface area contributed by atoms with Crippen molar-refractivity contribution in [1.82, 2.24) is 0 Å². The van der Waals surface area contributed by atoms with Gasteiger partial charge in [-0.2, -0.15) is 0 Å². The molecule has 346 valence electrons. The molecule has 2 nitrogen and oxygen atoms in total. The molecule has 0 bridgehead atoms. The van der Waals surface area contributed by atoms with E-state index >= 15 is 0 Å². The van der Waals surface area contributed by atoms with Crippen molar-refractivity contribution in [3.63, 3.8) is 0 Å². The number of hydrogen-bond donors (Lipinski definition) is 0. The minimum absolute atomic E-state index is 0.0798. The number of para-hydroxylation sites is 2.